The molecule has 0 heterocycles. The number of hydrogen-bond acceptors (Lipinski definition) is 4. The number of nitrogen functional groups attached to an aromatic ring is 1. The van der Waals surface area contributed by atoms with E-state index in [1.165, 1.54) is 18.9 Å². The van der Waals surface area contributed by atoms with Crippen LogP contribution in [0, 0.1) is 5.92 Å². The topological polar surface area (TPSA) is 69.4 Å². The average Bonchev–Trinajstić information content (AvgIpc) is 2.40. The van der Waals surface area contributed by atoms with E-state index < -0.39 is 9.84 Å². The summed E-state index contributed by atoms with van der Waals surface area (Å²) >= 11 is 0. The number of rotatable bonds is 4. The third-order valence-electron chi connectivity index (χ3n) is 4.03. The van der Waals surface area contributed by atoms with E-state index in [0.29, 0.717) is 11.7 Å². The van der Waals surface area contributed by atoms with E-state index in [1.807, 2.05) is 0 Å². The summed E-state index contributed by atoms with van der Waals surface area (Å²) in [7, 11) is -3.32. The van der Waals surface area contributed by atoms with Crippen molar-refractivity contribution < 1.29 is 13.2 Å². The van der Waals surface area contributed by atoms with Gasteiger partial charge in [0.05, 0.1) is 16.7 Å². The van der Waals surface area contributed by atoms with Gasteiger partial charge in [0.25, 0.3) is 0 Å². The Morgan fingerprint density at radius 2 is 2.10 bits per heavy atom. The number of anilines is 1. The minimum Gasteiger partial charge on any atom is -0.488 e. The molecule has 2 atom stereocenters. The Morgan fingerprint density at radius 3 is 2.75 bits per heavy atom. The number of ether oxygens (including phenoxy) is 1. The molecule has 0 bridgehead atoms. The first kappa shape index (κ1) is 15.2. The zero-order valence-corrected chi connectivity index (χ0v) is 12.9. The zero-order valence-electron chi connectivity index (χ0n) is 12.1. The molecule has 112 valence electrons. The predicted octanol–water partition coefficient (Wildman–Crippen LogP) is 3.02. The molecule has 1 saturated carbocycles. The van der Waals surface area contributed by atoms with E-state index in [0.717, 1.165) is 25.5 Å². The van der Waals surface area contributed by atoms with E-state index in [2.05, 4.69) is 6.92 Å². The Labute approximate surface area is 121 Å². The van der Waals surface area contributed by atoms with Gasteiger partial charge in [0.2, 0.25) is 0 Å². The van der Waals surface area contributed by atoms with Crippen molar-refractivity contribution in [3.63, 3.8) is 0 Å². The molecule has 0 aliphatic heterocycles. The Morgan fingerprint density at radius 1 is 1.35 bits per heavy atom. The van der Waals surface area contributed by atoms with Crippen molar-refractivity contribution in [3.8, 4) is 5.75 Å². The molecule has 0 spiro atoms. The van der Waals surface area contributed by atoms with Gasteiger partial charge in [-0.15, -0.1) is 0 Å². The average molecular weight is 297 g/mol. The van der Waals surface area contributed by atoms with Crippen LogP contribution in [-0.4, -0.2) is 20.8 Å². The monoisotopic (exact) mass is 297 g/mol. The molecule has 1 fully saturated rings. The van der Waals surface area contributed by atoms with Crippen molar-refractivity contribution in [2.45, 2.75) is 50.0 Å². The maximum absolute atomic E-state index is 11.7. The molecule has 0 saturated heterocycles. The fourth-order valence-electron chi connectivity index (χ4n) is 2.85. The van der Waals surface area contributed by atoms with Gasteiger partial charge in [-0.3, -0.25) is 0 Å². The minimum absolute atomic E-state index is 0.144. The summed E-state index contributed by atoms with van der Waals surface area (Å²) in [5.41, 5.74) is 6.18. The van der Waals surface area contributed by atoms with Gasteiger partial charge in [-0.2, -0.15) is 0 Å². The van der Waals surface area contributed by atoms with Gasteiger partial charge in [0.15, 0.2) is 9.84 Å². The molecule has 1 aromatic rings. The molecule has 2 rings (SSSR count). The lowest BCUT2D eigenvalue weighted by molar-refractivity contribution is 0.122. The van der Waals surface area contributed by atoms with Crippen molar-refractivity contribution in [1.82, 2.24) is 0 Å². The highest BCUT2D eigenvalue weighted by molar-refractivity contribution is 7.90. The van der Waals surface area contributed by atoms with Crippen LogP contribution in [-0.2, 0) is 9.84 Å². The second kappa shape index (κ2) is 6.04. The first-order valence-corrected chi connectivity index (χ1v) is 9.06. The molecule has 0 radical (unpaired) electrons. The van der Waals surface area contributed by atoms with Gasteiger partial charge in [-0.25, -0.2) is 8.42 Å². The number of nitrogens with two attached hydrogens (primary N) is 1. The summed E-state index contributed by atoms with van der Waals surface area (Å²) in [6, 6.07) is 4.95. The number of sulfone groups is 1. The van der Waals surface area contributed by atoms with E-state index in [1.54, 1.807) is 12.1 Å². The van der Waals surface area contributed by atoms with Crippen LogP contribution in [0.25, 0.3) is 0 Å². The Balaban J connectivity index is 2.18. The van der Waals surface area contributed by atoms with Gasteiger partial charge in [-0.05, 0) is 37.3 Å². The Kier molecular flexibility index (Phi) is 4.58. The molecule has 2 unspecified atom stereocenters. The van der Waals surface area contributed by atoms with Crippen LogP contribution in [0.2, 0.25) is 0 Å². The summed E-state index contributed by atoms with van der Waals surface area (Å²) in [5.74, 6) is 1.20. The number of para-hydroxylation sites is 1. The fraction of sp³-hybridized carbons (Fsp3) is 0.600. The molecule has 4 nitrogen and oxygen atoms in total. The van der Waals surface area contributed by atoms with Crippen molar-refractivity contribution in [2.75, 3.05) is 12.0 Å². The number of hydrogen-bond donors (Lipinski definition) is 1. The zero-order chi connectivity index (χ0) is 14.8. The van der Waals surface area contributed by atoms with E-state index >= 15 is 0 Å². The molecule has 1 aromatic carbocycles. The first-order valence-electron chi connectivity index (χ1n) is 7.17. The molecule has 1 aliphatic carbocycles. The van der Waals surface area contributed by atoms with Crippen LogP contribution in [0.4, 0.5) is 5.69 Å². The molecule has 1 aliphatic rings. The lowest BCUT2D eigenvalue weighted by atomic mass is 9.85. The standard InChI is InChI=1S/C15H23NO3S/c1-3-11-6-4-7-12(10-11)19-13-8-5-9-14(15(13)16)20(2,17)18/h5,8-9,11-12H,3-4,6-7,10,16H2,1-2H3. The van der Waals surface area contributed by atoms with Crippen molar-refractivity contribution in [3.05, 3.63) is 18.2 Å². The van der Waals surface area contributed by atoms with Gasteiger partial charge >= 0.3 is 0 Å². The quantitative estimate of drug-likeness (QED) is 0.867. The molecule has 0 aromatic heterocycles. The fourth-order valence-corrected chi connectivity index (χ4v) is 3.67. The highest BCUT2D eigenvalue weighted by atomic mass is 32.2. The molecule has 2 N–H and O–H groups in total. The van der Waals surface area contributed by atoms with E-state index in [4.69, 9.17) is 10.5 Å². The van der Waals surface area contributed by atoms with Crippen molar-refractivity contribution in [2.24, 2.45) is 5.92 Å². The summed E-state index contributed by atoms with van der Waals surface area (Å²) < 4.78 is 29.3. The minimum atomic E-state index is -3.32. The highest BCUT2D eigenvalue weighted by Crippen LogP contribution is 2.34. The Hall–Kier alpha value is -1.23. The van der Waals surface area contributed by atoms with Crippen LogP contribution >= 0.6 is 0 Å². The van der Waals surface area contributed by atoms with Crippen molar-refractivity contribution in [1.29, 1.82) is 0 Å². The lowest BCUT2D eigenvalue weighted by Gasteiger charge is -2.29. The highest BCUT2D eigenvalue weighted by Gasteiger charge is 2.23. The van der Waals surface area contributed by atoms with E-state index in [9.17, 15) is 8.42 Å². The second-order valence-corrected chi connectivity index (χ2v) is 7.61. The normalized spacial score (nSPS) is 23.5. The smallest absolute Gasteiger partial charge is 0.177 e. The summed E-state index contributed by atoms with van der Waals surface area (Å²) in [5, 5.41) is 0. The largest absolute Gasteiger partial charge is 0.488 e. The predicted molar refractivity (Wildman–Crippen MR) is 80.6 cm³/mol. The third-order valence-corrected chi connectivity index (χ3v) is 5.19. The van der Waals surface area contributed by atoms with Gasteiger partial charge in [-0.1, -0.05) is 25.8 Å². The van der Waals surface area contributed by atoms with Gasteiger partial charge < -0.3 is 10.5 Å². The van der Waals surface area contributed by atoms with Crippen LogP contribution in [0.1, 0.15) is 39.0 Å². The lowest BCUT2D eigenvalue weighted by Crippen LogP contribution is -2.25. The van der Waals surface area contributed by atoms with Crippen molar-refractivity contribution >= 4 is 15.5 Å². The summed E-state index contributed by atoms with van der Waals surface area (Å²) in [6.45, 7) is 2.20. The molecular formula is C15H23NO3S. The Bertz CT molecular complexity index is 568. The second-order valence-electron chi connectivity index (χ2n) is 5.62. The van der Waals surface area contributed by atoms with Crippen LogP contribution in [0.15, 0.2) is 23.1 Å². The molecule has 0 amide bonds. The maximum Gasteiger partial charge on any atom is 0.177 e. The van der Waals surface area contributed by atoms with Crippen LogP contribution in [0.5, 0.6) is 5.75 Å². The number of benzene rings is 1. The van der Waals surface area contributed by atoms with Crippen LogP contribution in [0.3, 0.4) is 0 Å². The SMILES string of the molecule is CCC1CCCC(Oc2cccc(S(C)(=O)=O)c2N)C1. The van der Waals surface area contributed by atoms with Gasteiger partial charge in [0.1, 0.15) is 5.75 Å². The van der Waals surface area contributed by atoms with Crippen LogP contribution < -0.4 is 10.5 Å². The molecular weight excluding hydrogens is 274 g/mol. The summed E-state index contributed by atoms with van der Waals surface area (Å²) in [6.07, 6.45) is 6.93. The molecule has 20 heavy (non-hydrogen) atoms. The third kappa shape index (κ3) is 3.45. The molecule has 5 heteroatoms. The van der Waals surface area contributed by atoms with Gasteiger partial charge in [0, 0.05) is 6.26 Å². The van der Waals surface area contributed by atoms with E-state index in [-0.39, 0.29) is 16.7 Å². The first-order chi connectivity index (χ1) is 9.41. The maximum atomic E-state index is 11.7. The summed E-state index contributed by atoms with van der Waals surface area (Å²) in [4.78, 5) is 0.151.